The SMILES string of the molecule is [2H]C([2H])([2H])NC(=O)c1nnc(Nc2cc(CC)ccn2)cc1Nc1nccc(-c2ncn(C)n2)c1OC. The van der Waals surface area contributed by atoms with Gasteiger partial charge in [-0.3, -0.25) is 9.48 Å². The summed E-state index contributed by atoms with van der Waals surface area (Å²) in [5.41, 5.74) is 1.48. The third-order valence-corrected chi connectivity index (χ3v) is 4.81. The van der Waals surface area contributed by atoms with Gasteiger partial charge in [0.2, 0.25) is 0 Å². The molecule has 0 unspecified atom stereocenters. The molecular weight excluding hydrogens is 436 g/mol. The smallest absolute Gasteiger partial charge is 0.273 e. The number of aromatic nitrogens is 7. The number of hydrogen-bond acceptors (Lipinski definition) is 10. The maximum absolute atomic E-state index is 12.7. The molecule has 4 rings (SSSR count). The fourth-order valence-corrected chi connectivity index (χ4v) is 3.18. The zero-order valence-corrected chi connectivity index (χ0v) is 18.7. The molecule has 0 saturated heterocycles. The highest BCUT2D eigenvalue weighted by Crippen LogP contribution is 2.35. The van der Waals surface area contributed by atoms with Crippen LogP contribution in [0.1, 0.15) is 27.1 Å². The summed E-state index contributed by atoms with van der Waals surface area (Å²) in [4.78, 5) is 25.6. The Balaban J connectivity index is 1.75. The molecule has 1 amide bonds. The van der Waals surface area contributed by atoms with Crippen LogP contribution < -0.4 is 20.7 Å². The van der Waals surface area contributed by atoms with E-state index in [1.54, 1.807) is 30.3 Å². The Hall–Kier alpha value is -4.61. The van der Waals surface area contributed by atoms with Gasteiger partial charge in [-0.05, 0) is 30.2 Å². The molecule has 4 aromatic rings. The Morgan fingerprint density at radius 2 is 1.97 bits per heavy atom. The second-order valence-corrected chi connectivity index (χ2v) is 7.08. The Kier molecular flexibility index (Phi) is 5.51. The van der Waals surface area contributed by atoms with E-state index in [1.807, 2.05) is 24.4 Å². The standard InChI is InChI=1S/C22H24N10O2/c1-5-13-6-8-24-16(10-13)28-17-11-15(18(30-29-17)22(33)23-2)27-21-19(34-4)14(7-9-25-21)20-26-12-32(3)31-20/h6-12H,5H2,1-4H3,(H,23,33)(H2,24,25,27,28,29)/i2D3. The van der Waals surface area contributed by atoms with Crippen molar-refractivity contribution in [1.82, 2.24) is 40.2 Å². The topological polar surface area (TPSA) is 145 Å². The van der Waals surface area contributed by atoms with Crippen LogP contribution in [-0.2, 0) is 13.5 Å². The maximum atomic E-state index is 12.7. The normalized spacial score (nSPS) is 12.3. The molecule has 0 fully saturated rings. The summed E-state index contributed by atoms with van der Waals surface area (Å²) >= 11 is 0. The second kappa shape index (κ2) is 9.90. The van der Waals surface area contributed by atoms with E-state index in [-0.39, 0.29) is 23.0 Å². The van der Waals surface area contributed by atoms with Crippen molar-refractivity contribution in [2.45, 2.75) is 13.3 Å². The average Bonchev–Trinajstić information content (AvgIpc) is 3.29. The predicted molar refractivity (Wildman–Crippen MR) is 126 cm³/mol. The number of rotatable bonds is 8. The first-order valence-corrected chi connectivity index (χ1v) is 10.2. The molecule has 0 spiro atoms. The lowest BCUT2D eigenvalue weighted by atomic mass is 10.2. The van der Waals surface area contributed by atoms with Crippen molar-refractivity contribution >= 4 is 29.0 Å². The van der Waals surface area contributed by atoms with Gasteiger partial charge in [0.15, 0.2) is 28.9 Å². The number of methoxy groups -OCH3 is 1. The van der Waals surface area contributed by atoms with Crippen molar-refractivity contribution in [3.8, 4) is 17.1 Å². The van der Waals surface area contributed by atoms with Gasteiger partial charge in [-0.25, -0.2) is 15.0 Å². The lowest BCUT2D eigenvalue weighted by molar-refractivity contribution is 0.0958. The molecule has 34 heavy (non-hydrogen) atoms. The molecule has 0 aromatic carbocycles. The van der Waals surface area contributed by atoms with E-state index in [2.05, 4.69) is 40.9 Å². The third-order valence-electron chi connectivity index (χ3n) is 4.81. The molecule has 12 heteroatoms. The first-order valence-electron chi connectivity index (χ1n) is 11.7. The molecule has 4 heterocycles. The van der Waals surface area contributed by atoms with E-state index >= 15 is 0 Å². The number of hydrogen-bond donors (Lipinski definition) is 3. The van der Waals surface area contributed by atoms with Crippen LogP contribution >= 0.6 is 0 Å². The summed E-state index contributed by atoms with van der Waals surface area (Å²) in [6.07, 6.45) is 5.55. The van der Waals surface area contributed by atoms with E-state index in [0.717, 1.165) is 12.0 Å². The van der Waals surface area contributed by atoms with Crippen LogP contribution in [0.3, 0.4) is 0 Å². The molecule has 0 radical (unpaired) electrons. The molecule has 3 N–H and O–H groups in total. The van der Waals surface area contributed by atoms with Crippen molar-refractivity contribution in [3.05, 3.63) is 54.2 Å². The van der Waals surface area contributed by atoms with Crippen molar-refractivity contribution < 1.29 is 13.6 Å². The Morgan fingerprint density at radius 1 is 1.12 bits per heavy atom. The first-order chi connectivity index (χ1) is 17.7. The van der Waals surface area contributed by atoms with E-state index in [0.29, 0.717) is 23.0 Å². The number of nitrogens with one attached hydrogen (secondary N) is 3. The van der Waals surface area contributed by atoms with Gasteiger partial charge in [-0.2, -0.15) is 5.10 Å². The molecule has 0 saturated carbocycles. The van der Waals surface area contributed by atoms with Crippen LogP contribution in [0, 0.1) is 0 Å². The number of carbonyl (C=O) groups is 1. The van der Waals surface area contributed by atoms with Gasteiger partial charge < -0.3 is 20.7 Å². The van der Waals surface area contributed by atoms with Gasteiger partial charge in [0.25, 0.3) is 5.91 Å². The lowest BCUT2D eigenvalue weighted by Gasteiger charge is -2.15. The van der Waals surface area contributed by atoms with E-state index in [4.69, 9.17) is 8.85 Å². The van der Waals surface area contributed by atoms with Crippen molar-refractivity contribution in [1.29, 1.82) is 0 Å². The molecule has 4 aromatic heterocycles. The number of aryl methyl sites for hydroxylation is 2. The zero-order valence-electron chi connectivity index (χ0n) is 21.7. The minimum atomic E-state index is -2.72. The fraction of sp³-hybridized carbons (Fsp3) is 0.227. The zero-order chi connectivity index (χ0) is 26.6. The summed E-state index contributed by atoms with van der Waals surface area (Å²) in [6, 6.07) is 6.94. The van der Waals surface area contributed by atoms with Crippen LogP contribution in [0.4, 0.5) is 23.1 Å². The molecule has 0 bridgehead atoms. The number of ether oxygens (including phenoxy) is 1. The highest BCUT2D eigenvalue weighted by Gasteiger charge is 2.20. The van der Waals surface area contributed by atoms with Crippen LogP contribution in [0.5, 0.6) is 5.75 Å². The molecule has 0 atom stereocenters. The molecule has 0 aliphatic heterocycles. The van der Waals surface area contributed by atoms with Gasteiger partial charge in [0.05, 0.1) is 18.4 Å². The van der Waals surface area contributed by atoms with Gasteiger partial charge in [0, 0.05) is 36.6 Å². The minimum Gasteiger partial charge on any atom is -0.492 e. The molecular formula is C22H24N10O2. The largest absolute Gasteiger partial charge is 0.492 e. The van der Waals surface area contributed by atoms with E-state index in [9.17, 15) is 4.79 Å². The van der Waals surface area contributed by atoms with Crippen LogP contribution in [0.2, 0.25) is 0 Å². The van der Waals surface area contributed by atoms with Gasteiger partial charge in [0.1, 0.15) is 12.1 Å². The van der Waals surface area contributed by atoms with Gasteiger partial charge in [-0.1, -0.05) is 6.92 Å². The summed E-state index contributed by atoms with van der Waals surface area (Å²) in [5.74, 6) is 0.768. The minimum absolute atomic E-state index is 0.128. The quantitative estimate of drug-likeness (QED) is 0.356. The van der Waals surface area contributed by atoms with Gasteiger partial charge in [-0.15, -0.1) is 10.2 Å². The first kappa shape index (κ1) is 18.9. The highest BCUT2D eigenvalue weighted by molar-refractivity contribution is 5.98. The molecule has 174 valence electrons. The van der Waals surface area contributed by atoms with Crippen molar-refractivity contribution in [2.75, 3.05) is 24.7 Å². The Labute approximate surface area is 200 Å². The van der Waals surface area contributed by atoms with Gasteiger partial charge >= 0.3 is 0 Å². The fourth-order valence-electron chi connectivity index (χ4n) is 3.18. The van der Waals surface area contributed by atoms with E-state index < -0.39 is 12.9 Å². The monoisotopic (exact) mass is 463 g/mol. The van der Waals surface area contributed by atoms with Crippen LogP contribution in [0.25, 0.3) is 11.4 Å². The Bertz CT molecular complexity index is 1420. The molecule has 0 aliphatic carbocycles. The number of nitrogens with zero attached hydrogens (tertiary/aromatic N) is 7. The number of anilines is 4. The molecule has 0 aliphatic rings. The average molecular weight is 464 g/mol. The van der Waals surface area contributed by atoms with Crippen molar-refractivity contribution in [2.24, 2.45) is 7.05 Å². The van der Waals surface area contributed by atoms with Crippen LogP contribution in [-0.4, -0.2) is 54.9 Å². The number of carbonyl (C=O) groups excluding carboxylic acids is 1. The third kappa shape index (κ3) is 4.75. The number of pyridine rings is 2. The lowest BCUT2D eigenvalue weighted by Crippen LogP contribution is -2.21. The maximum Gasteiger partial charge on any atom is 0.273 e. The van der Waals surface area contributed by atoms with Crippen LogP contribution in [0.15, 0.2) is 43.0 Å². The van der Waals surface area contributed by atoms with Crippen molar-refractivity contribution in [3.63, 3.8) is 0 Å². The highest BCUT2D eigenvalue weighted by atomic mass is 16.5. The number of amides is 1. The predicted octanol–water partition coefficient (Wildman–Crippen LogP) is 2.48. The van der Waals surface area contributed by atoms with E-state index in [1.165, 1.54) is 19.4 Å². The summed E-state index contributed by atoms with van der Waals surface area (Å²) in [7, 11) is 3.20. The summed E-state index contributed by atoms with van der Waals surface area (Å²) in [5, 5.41) is 20.3. The molecule has 12 nitrogen and oxygen atoms in total. The second-order valence-electron chi connectivity index (χ2n) is 7.08. The summed E-state index contributed by atoms with van der Waals surface area (Å²) < 4.78 is 29.3. The Morgan fingerprint density at radius 3 is 2.71 bits per heavy atom. The summed E-state index contributed by atoms with van der Waals surface area (Å²) in [6.45, 7) is -0.702.